The first-order valence-corrected chi connectivity index (χ1v) is 19.2. The van der Waals surface area contributed by atoms with Crippen LogP contribution in [0.1, 0.15) is 76.8 Å². The maximum Gasteiger partial charge on any atom is -0.0219 e. The van der Waals surface area contributed by atoms with Gasteiger partial charge in [-0.1, -0.05) is 249 Å². The molecule has 0 aliphatic carbocycles. The molecule has 0 heteroatoms. The Morgan fingerprint density at radius 3 is 0.852 bits per heavy atom. The average molecular weight is 715 g/mol. The second-order valence-electron chi connectivity index (χ2n) is 13.6. The van der Waals surface area contributed by atoms with E-state index in [2.05, 4.69) is 203 Å². The first kappa shape index (κ1) is 46.6. The van der Waals surface area contributed by atoms with Crippen LogP contribution in [0.3, 0.4) is 0 Å². The van der Waals surface area contributed by atoms with Gasteiger partial charge in [-0.3, -0.25) is 0 Å². The first-order valence-electron chi connectivity index (χ1n) is 19.2. The summed E-state index contributed by atoms with van der Waals surface area (Å²) in [5, 5.41) is 0. The van der Waals surface area contributed by atoms with E-state index in [0.29, 0.717) is 5.92 Å². The van der Waals surface area contributed by atoms with Crippen molar-refractivity contribution < 1.29 is 0 Å². The highest BCUT2D eigenvalue weighted by Crippen LogP contribution is 2.11. The van der Waals surface area contributed by atoms with E-state index in [1.165, 1.54) is 50.1 Å². The van der Waals surface area contributed by atoms with Crippen LogP contribution in [-0.4, -0.2) is 0 Å². The maximum absolute atomic E-state index is 2.20. The molecule has 0 aliphatic heterocycles. The van der Waals surface area contributed by atoms with Crippen molar-refractivity contribution in [2.24, 2.45) is 0 Å². The Balaban J connectivity index is 0.000000316. The number of hydrogen-bond acceptors (Lipinski definition) is 0. The summed E-state index contributed by atoms with van der Waals surface area (Å²) in [4.78, 5) is 0. The van der Waals surface area contributed by atoms with Gasteiger partial charge in [-0.05, 0) is 83.1 Å². The lowest BCUT2D eigenvalue weighted by molar-refractivity contribution is 0.867. The molecule has 0 radical (unpaired) electrons. The van der Waals surface area contributed by atoms with Crippen LogP contribution in [0.4, 0.5) is 0 Å². The summed E-state index contributed by atoms with van der Waals surface area (Å²) < 4.78 is 0. The molecule has 0 atom stereocenters. The standard InChI is InChI=1S/C9H12.4C8H10.C7H8.C6H6/c1-8(2)9-6-4-3-5-7-9;1-7-3-5-8(2)6-4-7;1-7-4-3-5-8(2)6-7;1-7-5-3-4-6-8(7)2;1-2-8-6-4-3-5-7-8;1-7-5-3-2-4-6-7;1-2-4-6-5-3-1/h3-8H,1-2H3;3*3-6H,1-2H3;3-7H,2H2,1H3;2-6H,1H3;1-6H. The Morgan fingerprint density at radius 2 is 0.611 bits per heavy atom. The van der Waals surface area contributed by atoms with Gasteiger partial charge in [0, 0.05) is 0 Å². The smallest absolute Gasteiger partial charge is 0.0219 e. The normalized spacial score (nSPS) is 9.17. The van der Waals surface area contributed by atoms with Crippen molar-refractivity contribution in [1.29, 1.82) is 0 Å². The molecule has 0 nitrogen and oxygen atoms in total. The lowest BCUT2D eigenvalue weighted by Crippen LogP contribution is -1.83. The van der Waals surface area contributed by atoms with Crippen LogP contribution in [-0.2, 0) is 6.42 Å². The molecule has 0 fully saturated rings. The van der Waals surface area contributed by atoms with Gasteiger partial charge in [0.25, 0.3) is 0 Å². The summed E-state index contributed by atoms with van der Waals surface area (Å²) in [6.45, 7) is 21.3. The summed E-state index contributed by atoms with van der Waals surface area (Å²) in [7, 11) is 0. The van der Waals surface area contributed by atoms with E-state index in [0.717, 1.165) is 6.42 Å². The lowest BCUT2D eigenvalue weighted by atomic mass is 10.0. The molecule has 7 aromatic carbocycles. The van der Waals surface area contributed by atoms with E-state index in [4.69, 9.17) is 0 Å². The second-order valence-corrected chi connectivity index (χ2v) is 13.6. The van der Waals surface area contributed by atoms with Crippen molar-refractivity contribution in [3.05, 3.63) is 250 Å². The third-order valence-corrected chi connectivity index (χ3v) is 8.14. The number of hydrogen-bond donors (Lipinski definition) is 0. The van der Waals surface area contributed by atoms with E-state index in [-0.39, 0.29) is 0 Å². The molecule has 54 heavy (non-hydrogen) atoms. The van der Waals surface area contributed by atoms with Crippen molar-refractivity contribution in [3.63, 3.8) is 0 Å². The highest BCUT2D eigenvalue weighted by Gasteiger charge is 1.93. The Morgan fingerprint density at radius 1 is 0.315 bits per heavy atom. The Bertz CT molecular complexity index is 1750. The van der Waals surface area contributed by atoms with E-state index in [1.807, 2.05) is 66.7 Å². The van der Waals surface area contributed by atoms with Gasteiger partial charge in [0.2, 0.25) is 0 Å². The minimum absolute atomic E-state index is 0.659. The number of aryl methyl sites for hydroxylation is 8. The average Bonchev–Trinajstić information content (AvgIpc) is 3.20. The Kier molecular flexibility index (Phi) is 25.9. The molecule has 0 saturated carbocycles. The molecule has 0 bridgehead atoms. The fraction of sp³-hybridized carbons (Fsp3) is 0.222. The molecule has 0 spiro atoms. The summed E-state index contributed by atoms with van der Waals surface area (Å²) in [5.41, 5.74) is 12.2. The summed E-state index contributed by atoms with van der Waals surface area (Å²) in [6, 6.07) is 68.5. The van der Waals surface area contributed by atoms with Crippen LogP contribution < -0.4 is 0 Å². The van der Waals surface area contributed by atoms with Crippen LogP contribution in [0.15, 0.2) is 200 Å². The molecule has 0 amide bonds. The van der Waals surface area contributed by atoms with Crippen molar-refractivity contribution in [2.75, 3.05) is 0 Å². The van der Waals surface area contributed by atoms with Crippen LogP contribution in [0, 0.1) is 48.5 Å². The lowest BCUT2D eigenvalue weighted by Gasteiger charge is -2.01. The Labute approximate surface area is 330 Å². The van der Waals surface area contributed by atoms with Crippen LogP contribution in [0.5, 0.6) is 0 Å². The topological polar surface area (TPSA) is 0 Å². The second kappa shape index (κ2) is 30.0. The van der Waals surface area contributed by atoms with Gasteiger partial charge in [-0.15, -0.1) is 0 Å². The van der Waals surface area contributed by atoms with Crippen molar-refractivity contribution >= 4 is 0 Å². The molecular weight excluding hydrogens is 649 g/mol. The van der Waals surface area contributed by atoms with Crippen molar-refractivity contribution in [1.82, 2.24) is 0 Å². The van der Waals surface area contributed by atoms with Gasteiger partial charge < -0.3 is 0 Å². The molecular formula is C54H66. The summed E-state index contributed by atoms with van der Waals surface area (Å²) in [5.74, 6) is 0.659. The predicted octanol–water partition coefficient (Wildman–Crippen LogP) is 15.7. The largest absolute Gasteiger partial charge is 0.0623 e. The molecule has 0 N–H and O–H groups in total. The highest BCUT2D eigenvalue weighted by atomic mass is 14.0. The molecule has 0 heterocycles. The third-order valence-electron chi connectivity index (χ3n) is 8.14. The Hall–Kier alpha value is -5.46. The van der Waals surface area contributed by atoms with Gasteiger partial charge in [-0.25, -0.2) is 0 Å². The zero-order valence-electron chi connectivity index (χ0n) is 34.8. The molecule has 0 aliphatic rings. The molecule has 7 aromatic rings. The highest BCUT2D eigenvalue weighted by molar-refractivity contribution is 5.24. The van der Waals surface area contributed by atoms with E-state index >= 15 is 0 Å². The predicted molar refractivity (Wildman–Crippen MR) is 242 cm³/mol. The third kappa shape index (κ3) is 25.5. The fourth-order valence-electron chi connectivity index (χ4n) is 4.58. The summed E-state index contributed by atoms with van der Waals surface area (Å²) >= 11 is 0. The van der Waals surface area contributed by atoms with E-state index < -0.39 is 0 Å². The quantitative estimate of drug-likeness (QED) is 0.167. The van der Waals surface area contributed by atoms with Gasteiger partial charge in [-0.2, -0.15) is 0 Å². The number of rotatable bonds is 2. The van der Waals surface area contributed by atoms with Crippen molar-refractivity contribution in [2.45, 2.75) is 81.6 Å². The van der Waals surface area contributed by atoms with Gasteiger partial charge in [0.1, 0.15) is 0 Å². The van der Waals surface area contributed by atoms with E-state index in [9.17, 15) is 0 Å². The zero-order chi connectivity index (χ0) is 39.8. The molecule has 0 saturated heterocycles. The number of benzene rings is 7. The van der Waals surface area contributed by atoms with Crippen LogP contribution >= 0.6 is 0 Å². The molecule has 0 aromatic heterocycles. The van der Waals surface area contributed by atoms with Gasteiger partial charge >= 0.3 is 0 Å². The molecule has 282 valence electrons. The molecule has 0 unspecified atom stereocenters. The molecule has 7 rings (SSSR count). The SMILES string of the molecule is CC(C)c1ccccc1.CCc1ccccc1.Cc1ccc(C)cc1.Cc1cccc(C)c1.Cc1ccccc1.Cc1ccccc1C.c1ccccc1. The van der Waals surface area contributed by atoms with Gasteiger partial charge in [0.05, 0.1) is 0 Å². The fourth-order valence-corrected chi connectivity index (χ4v) is 4.58. The van der Waals surface area contributed by atoms with Crippen molar-refractivity contribution in [3.8, 4) is 0 Å². The van der Waals surface area contributed by atoms with E-state index in [1.54, 1.807) is 0 Å². The zero-order valence-corrected chi connectivity index (χ0v) is 34.8. The van der Waals surface area contributed by atoms with Gasteiger partial charge in [0.15, 0.2) is 0 Å². The van der Waals surface area contributed by atoms with Crippen LogP contribution in [0.2, 0.25) is 0 Å². The minimum Gasteiger partial charge on any atom is -0.0623 e. The minimum atomic E-state index is 0.659. The monoisotopic (exact) mass is 715 g/mol. The first-order chi connectivity index (χ1) is 26.0. The maximum atomic E-state index is 2.20. The summed E-state index contributed by atoms with van der Waals surface area (Å²) in [6.07, 6.45) is 1.14. The van der Waals surface area contributed by atoms with Crippen LogP contribution in [0.25, 0.3) is 0 Å².